The Morgan fingerprint density at radius 3 is 2.63 bits per heavy atom. The fraction of sp³-hybridized carbons (Fsp3) is 0.250. The van der Waals surface area contributed by atoms with E-state index in [2.05, 4.69) is 11.9 Å². The Balaban J connectivity index is 2.07. The zero-order valence-corrected chi connectivity index (χ0v) is 11.2. The molecular formula is C16H20NO2+. The minimum atomic E-state index is -0.435. The lowest BCUT2D eigenvalue weighted by atomic mass is 10.1. The van der Waals surface area contributed by atoms with Gasteiger partial charge in [-0.25, -0.2) is 0 Å². The Morgan fingerprint density at radius 1 is 1.26 bits per heavy atom. The highest BCUT2D eigenvalue weighted by molar-refractivity contribution is 5.58. The normalized spacial score (nSPS) is 12.3. The quantitative estimate of drug-likeness (QED) is 0.617. The zero-order chi connectivity index (χ0) is 13.7. The van der Waals surface area contributed by atoms with E-state index in [4.69, 9.17) is 4.42 Å². The van der Waals surface area contributed by atoms with Crippen LogP contribution < -0.4 is 5.32 Å². The van der Waals surface area contributed by atoms with E-state index in [-0.39, 0.29) is 0 Å². The lowest BCUT2D eigenvalue weighted by molar-refractivity contribution is -0.663. The molecule has 2 rings (SSSR count). The van der Waals surface area contributed by atoms with E-state index in [9.17, 15) is 5.11 Å². The summed E-state index contributed by atoms with van der Waals surface area (Å²) in [5.74, 6) is 1.82. The third-order valence-electron chi connectivity index (χ3n) is 3.02. The van der Waals surface area contributed by atoms with Crippen molar-refractivity contribution in [1.82, 2.24) is 0 Å². The lowest BCUT2D eigenvalue weighted by Gasteiger charge is -2.04. The van der Waals surface area contributed by atoms with Gasteiger partial charge in [0.25, 0.3) is 0 Å². The Hall–Kier alpha value is -1.84. The van der Waals surface area contributed by atoms with Gasteiger partial charge >= 0.3 is 0 Å². The second-order valence-corrected chi connectivity index (χ2v) is 4.58. The molecule has 0 saturated carbocycles. The van der Waals surface area contributed by atoms with Crippen molar-refractivity contribution in [1.29, 1.82) is 0 Å². The van der Waals surface area contributed by atoms with Gasteiger partial charge in [-0.2, -0.15) is 0 Å². The number of hydrogen-bond donors (Lipinski definition) is 2. The monoisotopic (exact) mass is 258 g/mol. The van der Waals surface area contributed by atoms with Crippen LogP contribution in [0.2, 0.25) is 0 Å². The van der Waals surface area contributed by atoms with Crippen LogP contribution in [-0.4, -0.2) is 11.7 Å². The van der Waals surface area contributed by atoms with Gasteiger partial charge in [-0.15, -0.1) is 0 Å². The molecule has 0 bridgehead atoms. The van der Waals surface area contributed by atoms with E-state index < -0.39 is 6.10 Å². The maximum atomic E-state index is 9.47. The first kappa shape index (κ1) is 13.6. The van der Waals surface area contributed by atoms with E-state index in [1.807, 2.05) is 42.5 Å². The summed E-state index contributed by atoms with van der Waals surface area (Å²) in [5, 5.41) is 11.6. The van der Waals surface area contributed by atoms with Crippen molar-refractivity contribution >= 4 is 0 Å². The lowest BCUT2D eigenvalue weighted by Crippen LogP contribution is -2.82. The summed E-state index contributed by atoms with van der Waals surface area (Å²) in [6.07, 6.45) is 1.44. The summed E-state index contributed by atoms with van der Waals surface area (Å²) in [6.45, 7) is 7.15. The van der Waals surface area contributed by atoms with Crippen molar-refractivity contribution in [2.45, 2.75) is 19.6 Å². The highest BCUT2D eigenvalue weighted by Crippen LogP contribution is 2.23. The second-order valence-electron chi connectivity index (χ2n) is 4.58. The van der Waals surface area contributed by atoms with Gasteiger partial charge in [0, 0.05) is 5.56 Å². The highest BCUT2D eigenvalue weighted by atomic mass is 16.3. The smallest absolute Gasteiger partial charge is 0.158 e. The van der Waals surface area contributed by atoms with Crippen LogP contribution in [0.5, 0.6) is 0 Å². The molecule has 1 heterocycles. The molecule has 0 aliphatic carbocycles. The number of aliphatic hydroxyl groups excluding tert-OH is 1. The third-order valence-corrected chi connectivity index (χ3v) is 3.02. The SMILES string of the molecule is C=CC[NH2+]Cc1ccc(-c2ccc([C@H](C)O)cc2)o1. The maximum absolute atomic E-state index is 9.47. The largest absolute Gasteiger partial charge is 0.455 e. The Morgan fingerprint density at radius 2 is 2.00 bits per heavy atom. The Bertz CT molecular complexity index is 526. The summed E-state index contributed by atoms with van der Waals surface area (Å²) < 4.78 is 5.79. The molecule has 1 aromatic heterocycles. The standard InChI is InChI=1S/C16H19NO2/c1-3-10-17-11-15-8-9-16(19-15)14-6-4-13(5-7-14)12(2)18/h3-9,12,17-18H,1,10-11H2,2H3/p+1/t12-/m0/s1. The van der Waals surface area contributed by atoms with Crippen LogP contribution in [-0.2, 0) is 6.54 Å². The van der Waals surface area contributed by atoms with E-state index in [0.717, 1.165) is 35.7 Å². The molecule has 0 aliphatic heterocycles. The van der Waals surface area contributed by atoms with Crippen LogP contribution in [0.15, 0.2) is 53.5 Å². The molecular weight excluding hydrogens is 238 g/mol. The summed E-state index contributed by atoms with van der Waals surface area (Å²) >= 11 is 0. The molecule has 0 fully saturated rings. The van der Waals surface area contributed by atoms with Crippen molar-refractivity contribution in [3.05, 3.63) is 60.4 Å². The molecule has 100 valence electrons. The van der Waals surface area contributed by atoms with Gasteiger partial charge in [-0.05, 0) is 30.7 Å². The average Bonchev–Trinajstić information content (AvgIpc) is 2.88. The molecule has 19 heavy (non-hydrogen) atoms. The van der Waals surface area contributed by atoms with Gasteiger partial charge in [0.1, 0.15) is 12.3 Å². The van der Waals surface area contributed by atoms with Crippen molar-refractivity contribution in [2.24, 2.45) is 0 Å². The molecule has 3 N–H and O–H groups in total. The number of benzene rings is 1. The molecule has 1 atom stereocenters. The van der Waals surface area contributed by atoms with E-state index in [1.54, 1.807) is 6.92 Å². The number of hydrogen-bond acceptors (Lipinski definition) is 2. The molecule has 0 amide bonds. The van der Waals surface area contributed by atoms with E-state index in [1.165, 1.54) is 0 Å². The number of rotatable bonds is 6. The number of aliphatic hydroxyl groups is 1. The molecule has 0 radical (unpaired) electrons. The minimum absolute atomic E-state index is 0.435. The van der Waals surface area contributed by atoms with Crippen LogP contribution in [0.25, 0.3) is 11.3 Å². The first-order valence-electron chi connectivity index (χ1n) is 6.50. The summed E-state index contributed by atoms with van der Waals surface area (Å²) in [5.41, 5.74) is 1.94. The first-order valence-corrected chi connectivity index (χ1v) is 6.50. The fourth-order valence-electron chi connectivity index (χ4n) is 1.91. The molecule has 3 nitrogen and oxygen atoms in total. The van der Waals surface area contributed by atoms with Crippen molar-refractivity contribution < 1.29 is 14.8 Å². The molecule has 3 heteroatoms. The minimum Gasteiger partial charge on any atom is -0.455 e. The maximum Gasteiger partial charge on any atom is 0.158 e. The highest BCUT2D eigenvalue weighted by Gasteiger charge is 2.07. The predicted molar refractivity (Wildman–Crippen MR) is 75.5 cm³/mol. The molecule has 0 unspecified atom stereocenters. The van der Waals surface area contributed by atoms with Crippen LogP contribution >= 0.6 is 0 Å². The van der Waals surface area contributed by atoms with Crippen LogP contribution in [0.4, 0.5) is 0 Å². The van der Waals surface area contributed by atoms with Crippen LogP contribution in [0.1, 0.15) is 24.4 Å². The number of nitrogens with two attached hydrogens (primary N) is 1. The summed E-state index contributed by atoms with van der Waals surface area (Å²) in [4.78, 5) is 0. The van der Waals surface area contributed by atoms with E-state index in [0.29, 0.717) is 0 Å². The Kier molecular flexibility index (Phi) is 4.55. The fourth-order valence-corrected chi connectivity index (χ4v) is 1.91. The van der Waals surface area contributed by atoms with Gasteiger partial charge in [0.05, 0.1) is 12.6 Å². The van der Waals surface area contributed by atoms with E-state index >= 15 is 0 Å². The number of quaternary nitrogens is 1. The van der Waals surface area contributed by atoms with Gasteiger partial charge in [-0.1, -0.05) is 30.8 Å². The zero-order valence-electron chi connectivity index (χ0n) is 11.2. The van der Waals surface area contributed by atoms with Gasteiger partial charge in [-0.3, -0.25) is 0 Å². The number of furan rings is 1. The van der Waals surface area contributed by atoms with Crippen molar-refractivity contribution in [2.75, 3.05) is 6.54 Å². The Labute approximate surface area is 113 Å². The summed E-state index contributed by atoms with van der Waals surface area (Å²) in [6, 6.07) is 11.8. The third kappa shape index (κ3) is 3.56. The van der Waals surface area contributed by atoms with Gasteiger partial charge in [0.2, 0.25) is 0 Å². The second kappa shape index (κ2) is 6.36. The van der Waals surface area contributed by atoms with Crippen LogP contribution in [0.3, 0.4) is 0 Å². The molecule has 0 aliphatic rings. The topological polar surface area (TPSA) is 50.0 Å². The molecule has 1 aromatic carbocycles. The van der Waals surface area contributed by atoms with Crippen molar-refractivity contribution in [3.8, 4) is 11.3 Å². The van der Waals surface area contributed by atoms with Crippen LogP contribution in [0, 0.1) is 0 Å². The molecule has 0 saturated heterocycles. The van der Waals surface area contributed by atoms with Crippen molar-refractivity contribution in [3.63, 3.8) is 0 Å². The summed E-state index contributed by atoms with van der Waals surface area (Å²) in [7, 11) is 0. The molecule has 0 spiro atoms. The molecule has 2 aromatic rings. The van der Waals surface area contributed by atoms with Gasteiger partial charge in [0.15, 0.2) is 5.76 Å². The first-order chi connectivity index (χ1) is 9.20. The predicted octanol–water partition coefficient (Wildman–Crippen LogP) is 2.25. The van der Waals surface area contributed by atoms with Gasteiger partial charge < -0.3 is 14.8 Å². The average molecular weight is 258 g/mol.